The Balaban J connectivity index is 1.91. The van der Waals surface area contributed by atoms with Crippen molar-refractivity contribution in [2.45, 2.75) is 12.6 Å². The van der Waals surface area contributed by atoms with Crippen LogP contribution in [0.4, 0.5) is 0 Å². The Morgan fingerprint density at radius 3 is 2.57 bits per heavy atom. The van der Waals surface area contributed by atoms with Crippen molar-refractivity contribution < 1.29 is 14.6 Å². The number of aliphatic hydroxyl groups is 1. The van der Waals surface area contributed by atoms with E-state index in [-0.39, 0.29) is 0 Å². The number of nitrogens with zero attached hydrogens (tertiary/aromatic N) is 1. The Morgan fingerprint density at radius 2 is 1.90 bits per heavy atom. The number of aromatic nitrogens is 1. The molecule has 112 valence electrons. The molecule has 0 radical (unpaired) electrons. The molecule has 0 aliphatic rings. The fourth-order valence-electron chi connectivity index (χ4n) is 2.04. The molecule has 0 saturated carbocycles. The lowest BCUT2D eigenvalue weighted by Crippen LogP contribution is -2.21. The maximum atomic E-state index is 10.1. The highest BCUT2D eigenvalue weighted by molar-refractivity contribution is 5.40. The molecular weight excluding hydrogens is 268 g/mol. The highest BCUT2D eigenvalue weighted by Crippen LogP contribution is 2.24. The van der Waals surface area contributed by atoms with Crippen LogP contribution in [-0.4, -0.2) is 30.9 Å². The first-order chi connectivity index (χ1) is 10.2. The number of pyridine rings is 1. The number of methoxy groups -OCH3 is 2. The van der Waals surface area contributed by atoms with Crippen molar-refractivity contribution in [1.29, 1.82) is 0 Å². The van der Waals surface area contributed by atoms with Gasteiger partial charge >= 0.3 is 0 Å². The van der Waals surface area contributed by atoms with Crippen LogP contribution in [0.5, 0.6) is 11.5 Å². The molecule has 1 unspecified atom stereocenters. The highest BCUT2D eigenvalue weighted by atomic mass is 16.5. The van der Waals surface area contributed by atoms with Crippen molar-refractivity contribution in [3.8, 4) is 11.5 Å². The normalized spacial score (nSPS) is 12.0. The SMILES string of the molecule is COc1ccc(CNCC(O)c2ccncc2)c(OC)c1. The van der Waals surface area contributed by atoms with E-state index in [1.54, 1.807) is 38.7 Å². The van der Waals surface area contributed by atoms with E-state index in [2.05, 4.69) is 10.3 Å². The van der Waals surface area contributed by atoms with Crippen molar-refractivity contribution in [3.63, 3.8) is 0 Å². The van der Waals surface area contributed by atoms with E-state index in [0.717, 1.165) is 22.6 Å². The van der Waals surface area contributed by atoms with Gasteiger partial charge in [-0.2, -0.15) is 0 Å². The van der Waals surface area contributed by atoms with Crippen LogP contribution in [0.3, 0.4) is 0 Å². The molecule has 1 atom stereocenters. The first-order valence-electron chi connectivity index (χ1n) is 6.74. The summed E-state index contributed by atoms with van der Waals surface area (Å²) in [6.07, 6.45) is 2.79. The fourth-order valence-corrected chi connectivity index (χ4v) is 2.04. The molecule has 1 aromatic carbocycles. The minimum atomic E-state index is -0.558. The van der Waals surface area contributed by atoms with Gasteiger partial charge in [0.15, 0.2) is 0 Å². The van der Waals surface area contributed by atoms with Crippen LogP contribution in [0.1, 0.15) is 17.2 Å². The van der Waals surface area contributed by atoms with Crippen molar-refractivity contribution in [2.75, 3.05) is 20.8 Å². The number of benzene rings is 1. The molecule has 0 aliphatic carbocycles. The highest BCUT2D eigenvalue weighted by Gasteiger charge is 2.08. The van der Waals surface area contributed by atoms with Crippen LogP contribution in [0, 0.1) is 0 Å². The lowest BCUT2D eigenvalue weighted by molar-refractivity contribution is 0.174. The van der Waals surface area contributed by atoms with Gasteiger partial charge < -0.3 is 19.9 Å². The molecule has 2 N–H and O–H groups in total. The predicted octanol–water partition coefficient (Wildman–Crippen LogP) is 1.92. The molecule has 1 heterocycles. The van der Waals surface area contributed by atoms with Crippen LogP contribution < -0.4 is 14.8 Å². The monoisotopic (exact) mass is 288 g/mol. The topological polar surface area (TPSA) is 63.6 Å². The van der Waals surface area contributed by atoms with Crippen LogP contribution in [-0.2, 0) is 6.54 Å². The summed E-state index contributed by atoms with van der Waals surface area (Å²) in [6, 6.07) is 9.29. The Kier molecular flexibility index (Phi) is 5.54. The second-order valence-corrected chi connectivity index (χ2v) is 4.61. The smallest absolute Gasteiger partial charge is 0.127 e. The first-order valence-corrected chi connectivity index (χ1v) is 6.74. The average molecular weight is 288 g/mol. The molecule has 0 bridgehead atoms. The van der Waals surface area contributed by atoms with E-state index in [1.165, 1.54) is 0 Å². The molecule has 0 aliphatic heterocycles. The van der Waals surface area contributed by atoms with Gasteiger partial charge in [-0.3, -0.25) is 4.98 Å². The van der Waals surface area contributed by atoms with Crippen molar-refractivity contribution in [1.82, 2.24) is 10.3 Å². The molecule has 1 aromatic heterocycles. The van der Waals surface area contributed by atoms with Crippen LogP contribution in [0.15, 0.2) is 42.7 Å². The summed E-state index contributed by atoms with van der Waals surface area (Å²) < 4.78 is 10.5. The third kappa shape index (κ3) is 4.18. The van der Waals surface area contributed by atoms with Gasteiger partial charge in [-0.05, 0) is 23.8 Å². The van der Waals surface area contributed by atoms with Crippen LogP contribution >= 0.6 is 0 Å². The minimum absolute atomic E-state index is 0.458. The summed E-state index contributed by atoms with van der Waals surface area (Å²) in [5, 5.41) is 13.3. The number of hydrogen-bond acceptors (Lipinski definition) is 5. The number of ether oxygens (including phenoxy) is 2. The second-order valence-electron chi connectivity index (χ2n) is 4.61. The van der Waals surface area contributed by atoms with Crippen molar-refractivity contribution in [3.05, 3.63) is 53.9 Å². The van der Waals surface area contributed by atoms with Crippen LogP contribution in [0.2, 0.25) is 0 Å². The molecule has 5 nitrogen and oxygen atoms in total. The van der Waals surface area contributed by atoms with Crippen molar-refractivity contribution in [2.24, 2.45) is 0 Å². The number of aliphatic hydroxyl groups excluding tert-OH is 1. The summed E-state index contributed by atoms with van der Waals surface area (Å²) in [5.74, 6) is 1.52. The third-order valence-corrected chi connectivity index (χ3v) is 3.24. The zero-order valence-corrected chi connectivity index (χ0v) is 12.2. The van der Waals surface area contributed by atoms with Gasteiger partial charge in [0.2, 0.25) is 0 Å². The van der Waals surface area contributed by atoms with Gasteiger partial charge in [-0.1, -0.05) is 6.07 Å². The lowest BCUT2D eigenvalue weighted by atomic mass is 10.1. The third-order valence-electron chi connectivity index (χ3n) is 3.24. The number of nitrogens with one attached hydrogen (secondary N) is 1. The first kappa shape index (κ1) is 15.3. The summed E-state index contributed by atoms with van der Waals surface area (Å²) in [6.45, 7) is 1.06. The second kappa shape index (κ2) is 7.61. The van der Waals surface area contributed by atoms with Crippen LogP contribution in [0.25, 0.3) is 0 Å². The summed E-state index contributed by atoms with van der Waals surface area (Å²) in [7, 11) is 3.25. The van der Waals surface area contributed by atoms with Gasteiger partial charge in [0, 0.05) is 37.1 Å². The zero-order chi connectivity index (χ0) is 15.1. The molecule has 0 saturated heterocycles. The van der Waals surface area contributed by atoms with E-state index in [4.69, 9.17) is 9.47 Å². The fraction of sp³-hybridized carbons (Fsp3) is 0.312. The number of hydrogen-bond donors (Lipinski definition) is 2. The molecular formula is C16H20N2O3. The summed E-state index contributed by atoms with van der Waals surface area (Å²) in [4.78, 5) is 3.93. The maximum Gasteiger partial charge on any atom is 0.127 e. The van der Waals surface area contributed by atoms with E-state index < -0.39 is 6.10 Å². The average Bonchev–Trinajstić information content (AvgIpc) is 2.55. The van der Waals surface area contributed by atoms with Gasteiger partial charge in [-0.25, -0.2) is 0 Å². The van der Waals surface area contributed by atoms with E-state index >= 15 is 0 Å². The molecule has 2 rings (SSSR count). The molecule has 21 heavy (non-hydrogen) atoms. The summed E-state index contributed by atoms with van der Waals surface area (Å²) >= 11 is 0. The Labute approximate surface area is 124 Å². The Bertz CT molecular complexity index is 561. The minimum Gasteiger partial charge on any atom is -0.497 e. The Hall–Kier alpha value is -2.11. The zero-order valence-electron chi connectivity index (χ0n) is 12.2. The quantitative estimate of drug-likeness (QED) is 0.815. The van der Waals surface area contributed by atoms with E-state index in [1.807, 2.05) is 18.2 Å². The molecule has 5 heteroatoms. The number of rotatable bonds is 7. The van der Waals surface area contributed by atoms with E-state index in [0.29, 0.717) is 13.1 Å². The van der Waals surface area contributed by atoms with Crippen molar-refractivity contribution >= 4 is 0 Å². The molecule has 2 aromatic rings. The lowest BCUT2D eigenvalue weighted by Gasteiger charge is -2.14. The van der Waals surface area contributed by atoms with Gasteiger partial charge in [0.1, 0.15) is 11.5 Å². The van der Waals surface area contributed by atoms with Gasteiger partial charge in [0.05, 0.1) is 20.3 Å². The summed E-state index contributed by atoms with van der Waals surface area (Å²) in [5.41, 5.74) is 1.86. The molecule has 0 spiro atoms. The predicted molar refractivity (Wildman–Crippen MR) is 80.4 cm³/mol. The largest absolute Gasteiger partial charge is 0.497 e. The Morgan fingerprint density at radius 1 is 1.14 bits per heavy atom. The van der Waals surface area contributed by atoms with Gasteiger partial charge in [0.25, 0.3) is 0 Å². The van der Waals surface area contributed by atoms with Gasteiger partial charge in [-0.15, -0.1) is 0 Å². The molecule has 0 fully saturated rings. The standard InChI is InChI=1S/C16H20N2O3/c1-20-14-4-3-13(16(9-14)21-2)10-18-11-15(19)12-5-7-17-8-6-12/h3-9,15,18-19H,10-11H2,1-2H3. The van der Waals surface area contributed by atoms with E-state index in [9.17, 15) is 5.11 Å². The molecule has 0 amide bonds. The maximum absolute atomic E-state index is 10.1.